The Morgan fingerprint density at radius 1 is 1.00 bits per heavy atom. The van der Waals surface area contributed by atoms with Crippen molar-refractivity contribution in [2.24, 2.45) is 0 Å². The van der Waals surface area contributed by atoms with E-state index in [1.54, 1.807) is 19.1 Å². The lowest BCUT2D eigenvalue weighted by Gasteiger charge is -2.10. The van der Waals surface area contributed by atoms with E-state index < -0.39 is 24.3 Å². The maximum atomic E-state index is 13.6. The lowest BCUT2D eigenvalue weighted by molar-refractivity contribution is -0.149. The van der Waals surface area contributed by atoms with E-state index in [1.165, 1.54) is 12.1 Å². The third-order valence-electron chi connectivity index (χ3n) is 3.44. The minimum absolute atomic E-state index is 0.0400. The van der Waals surface area contributed by atoms with Gasteiger partial charge in [0, 0.05) is 0 Å². The maximum absolute atomic E-state index is 13.6. The SMILES string of the molecule is Cc1ccc(OCC(=O)OCC(=O)Nc2ccc(C)cc2F)c(C)c1. The summed E-state index contributed by atoms with van der Waals surface area (Å²) in [7, 11) is 0. The number of rotatable bonds is 6. The van der Waals surface area contributed by atoms with Crippen molar-refractivity contribution in [3.05, 3.63) is 58.9 Å². The number of ether oxygens (including phenoxy) is 2. The van der Waals surface area contributed by atoms with Gasteiger partial charge in [-0.25, -0.2) is 9.18 Å². The summed E-state index contributed by atoms with van der Waals surface area (Å²) in [5.41, 5.74) is 2.77. The Labute approximate surface area is 145 Å². The van der Waals surface area contributed by atoms with Crippen LogP contribution in [-0.2, 0) is 14.3 Å². The molecule has 132 valence electrons. The first-order valence-electron chi connectivity index (χ1n) is 7.77. The van der Waals surface area contributed by atoms with Gasteiger partial charge in [-0.2, -0.15) is 0 Å². The lowest BCUT2D eigenvalue weighted by atomic mass is 10.1. The van der Waals surface area contributed by atoms with Crippen molar-refractivity contribution >= 4 is 17.6 Å². The van der Waals surface area contributed by atoms with E-state index in [4.69, 9.17) is 9.47 Å². The minimum Gasteiger partial charge on any atom is -0.482 e. The molecule has 1 N–H and O–H groups in total. The average molecular weight is 345 g/mol. The van der Waals surface area contributed by atoms with Crippen LogP contribution in [-0.4, -0.2) is 25.1 Å². The third-order valence-corrected chi connectivity index (χ3v) is 3.44. The van der Waals surface area contributed by atoms with Crippen LogP contribution in [0.1, 0.15) is 16.7 Å². The molecular formula is C19H20FNO4. The zero-order chi connectivity index (χ0) is 18.4. The molecule has 5 nitrogen and oxygen atoms in total. The number of halogens is 1. The topological polar surface area (TPSA) is 64.6 Å². The van der Waals surface area contributed by atoms with Gasteiger partial charge in [0.25, 0.3) is 5.91 Å². The zero-order valence-corrected chi connectivity index (χ0v) is 14.4. The number of hydrogen-bond donors (Lipinski definition) is 1. The number of amides is 1. The fourth-order valence-electron chi connectivity index (χ4n) is 2.19. The first-order valence-corrected chi connectivity index (χ1v) is 7.77. The number of benzene rings is 2. The van der Waals surface area contributed by atoms with E-state index in [-0.39, 0.29) is 12.3 Å². The molecule has 0 radical (unpaired) electrons. The summed E-state index contributed by atoms with van der Waals surface area (Å²) in [5, 5.41) is 2.35. The summed E-state index contributed by atoms with van der Waals surface area (Å²) in [6.07, 6.45) is 0. The molecule has 2 aromatic rings. The Balaban J connectivity index is 1.78. The summed E-state index contributed by atoms with van der Waals surface area (Å²) in [6.45, 7) is 4.75. The van der Waals surface area contributed by atoms with Crippen LogP contribution >= 0.6 is 0 Å². The molecule has 2 rings (SSSR count). The smallest absolute Gasteiger partial charge is 0.344 e. The Kier molecular flexibility index (Phi) is 6.11. The van der Waals surface area contributed by atoms with Gasteiger partial charge in [0.2, 0.25) is 0 Å². The standard InChI is InChI=1S/C19H20FNO4/c1-12-5-7-17(14(3)8-12)24-11-19(23)25-10-18(22)21-16-6-4-13(2)9-15(16)20/h4-9H,10-11H2,1-3H3,(H,21,22). The van der Waals surface area contributed by atoms with Gasteiger partial charge in [-0.15, -0.1) is 0 Å². The largest absolute Gasteiger partial charge is 0.482 e. The minimum atomic E-state index is -0.681. The molecule has 0 spiro atoms. The number of aryl methyl sites for hydroxylation is 3. The van der Waals surface area contributed by atoms with Crippen molar-refractivity contribution in [3.63, 3.8) is 0 Å². The average Bonchev–Trinajstić information content (AvgIpc) is 2.55. The van der Waals surface area contributed by atoms with E-state index in [2.05, 4.69) is 5.32 Å². The van der Waals surface area contributed by atoms with Gasteiger partial charge in [0.05, 0.1) is 5.69 Å². The molecular weight excluding hydrogens is 325 g/mol. The van der Waals surface area contributed by atoms with Gasteiger partial charge in [0.1, 0.15) is 11.6 Å². The third kappa shape index (κ3) is 5.60. The van der Waals surface area contributed by atoms with Crippen LogP contribution in [0.5, 0.6) is 5.75 Å². The first-order chi connectivity index (χ1) is 11.8. The summed E-state index contributed by atoms with van der Waals surface area (Å²) in [6, 6.07) is 10.0. The van der Waals surface area contributed by atoms with Crippen LogP contribution in [0.4, 0.5) is 10.1 Å². The fourth-order valence-corrected chi connectivity index (χ4v) is 2.19. The number of carbonyl (C=O) groups is 2. The molecule has 0 fully saturated rings. The van der Waals surface area contributed by atoms with E-state index in [1.807, 2.05) is 26.0 Å². The number of esters is 1. The van der Waals surface area contributed by atoms with Crippen molar-refractivity contribution < 1.29 is 23.5 Å². The van der Waals surface area contributed by atoms with Crippen LogP contribution in [0.2, 0.25) is 0 Å². The molecule has 6 heteroatoms. The van der Waals surface area contributed by atoms with E-state index in [0.717, 1.165) is 16.7 Å². The number of anilines is 1. The van der Waals surface area contributed by atoms with Gasteiger partial charge in [0.15, 0.2) is 13.2 Å². The highest BCUT2D eigenvalue weighted by atomic mass is 19.1. The molecule has 0 aliphatic rings. The van der Waals surface area contributed by atoms with Gasteiger partial charge < -0.3 is 14.8 Å². The number of carbonyl (C=O) groups excluding carboxylic acids is 2. The van der Waals surface area contributed by atoms with E-state index >= 15 is 0 Å². The molecule has 1 amide bonds. The number of hydrogen-bond acceptors (Lipinski definition) is 4. The molecule has 25 heavy (non-hydrogen) atoms. The van der Waals surface area contributed by atoms with Gasteiger partial charge >= 0.3 is 5.97 Å². The van der Waals surface area contributed by atoms with Crippen LogP contribution in [0.25, 0.3) is 0 Å². The quantitative estimate of drug-likeness (QED) is 0.816. The highest BCUT2D eigenvalue weighted by Crippen LogP contribution is 2.18. The molecule has 0 unspecified atom stereocenters. The molecule has 0 aliphatic carbocycles. The van der Waals surface area contributed by atoms with E-state index in [0.29, 0.717) is 5.75 Å². The highest BCUT2D eigenvalue weighted by Gasteiger charge is 2.11. The Hall–Kier alpha value is -2.89. The molecule has 0 aliphatic heterocycles. The fraction of sp³-hybridized carbons (Fsp3) is 0.263. The monoisotopic (exact) mass is 345 g/mol. The van der Waals surface area contributed by atoms with Crippen molar-refractivity contribution in [3.8, 4) is 5.75 Å². The van der Waals surface area contributed by atoms with Gasteiger partial charge in [-0.05, 0) is 50.1 Å². The second-order valence-electron chi connectivity index (χ2n) is 5.75. The van der Waals surface area contributed by atoms with Crippen molar-refractivity contribution in [2.45, 2.75) is 20.8 Å². The van der Waals surface area contributed by atoms with Crippen molar-refractivity contribution in [1.82, 2.24) is 0 Å². The normalized spacial score (nSPS) is 10.2. The summed E-state index contributed by atoms with van der Waals surface area (Å²) < 4.78 is 23.8. The van der Waals surface area contributed by atoms with Gasteiger partial charge in [-0.1, -0.05) is 23.8 Å². The first kappa shape index (κ1) is 18.4. The van der Waals surface area contributed by atoms with Crippen molar-refractivity contribution in [2.75, 3.05) is 18.5 Å². The second kappa shape index (κ2) is 8.28. The summed E-state index contributed by atoms with van der Waals surface area (Å²) >= 11 is 0. The lowest BCUT2D eigenvalue weighted by Crippen LogP contribution is -2.24. The van der Waals surface area contributed by atoms with Crippen LogP contribution in [0, 0.1) is 26.6 Å². The summed E-state index contributed by atoms with van der Waals surface area (Å²) in [5.74, 6) is -1.27. The van der Waals surface area contributed by atoms with Gasteiger partial charge in [-0.3, -0.25) is 4.79 Å². The van der Waals surface area contributed by atoms with Crippen LogP contribution in [0.15, 0.2) is 36.4 Å². The molecule has 0 saturated heterocycles. The second-order valence-corrected chi connectivity index (χ2v) is 5.75. The molecule has 2 aromatic carbocycles. The Bertz CT molecular complexity index is 789. The summed E-state index contributed by atoms with van der Waals surface area (Å²) in [4.78, 5) is 23.4. The molecule has 0 saturated carbocycles. The highest BCUT2D eigenvalue weighted by molar-refractivity contribution is 5.93. The number of nitrogens with one attached hydrogen (secondary N) is 1. The van der Waals surface area contributed by atoms with Crippen LogP contribution < -0.4 is 10.1 Å². The predicted octanol–water partition coefficient (Wildman–Crippen LogP) is 3.31. The molecule has 0 aromatic heterocycles. The van der Waals surface area contributed by atoms with E-state index in [9.17, 15) is 14.0 Å². The molecule has 0 atom stereocenters. The zero-order valence-electron chi connectivity index (χ0n) is 14.4. The van der Waals surface area contributed by atoms with Crippen molar-refractivity contribution in [1.29, 1.82) is 0 Å². The Morgan fingerprint density at radius 2 is 1.68 bits per heavy atom. The Morgan fingerprint density at radius 3 is 2.36 bits per heavy atom. The molecule has 0 bridgehead atoms. The molecule has 0 heterocycles. The maximum Gasteiger partial charge on any atom is 0.344 e. The van der Waals surface area contributed by atoms with Crippen LogP contribution in [0.3, 0.4) is 0 Å². The predicted molar refractivity (Wildman–Crippen MR) is 92.1 cm³/mol.